The summed E-state index contributed by atoms with van der Waals surface area (Å²) in [6.45, 7) is 5.74. The maximum atomic E-state index is 10.8. The minimum atomic E-state index is -0.0396. The summed E-state index contributed by atoms with van der Waals surface area (Å²) in [5.41, 5.74) is 0. The van der Waals surface area contributed by atoms with Crippen LogP contribution in [0.4, 0.5) is 0 Å². The molecule has 80 valence electrons. The van der Waals surface area contributed by atoms with E-state index in [0.29, 0.717) is 6.54 Å². The third kappa shape index (κ3) is 4.30. The van der Waals surface area contributed by atoms with Crippen LogP contribution in [0.15, 0.2) is 11.8 Å². The second-order valence-electron chi connectivity index (χ2n) is 4.07. The van der Waals surface area contributed by atoms with Gasteiger partial charge in [-0.2, -0.15) is 0 Å². The Kier molecular flexibility index (Phi) is 4.50. The Morgan fingerprint density at radius 2 is 2.29 bits per heavy atom. The lowest BCUT2D eigenvalue weighted by Crippen LogP contribution is -2.15. The van der Waals surface area contributed by atoms with Crippen molar-refractivity contribution < 1.29 is 9.53 Å². The van der Waals surface area contributed by atoms with Crippen LogP contribution in [0.1, 0.15) is 33.1 Å². The summed E-state index contributed by atoms with van der Waals surface area (Å²) >= 11 is 0. The van der Waals surface area contributed by atoms with Crippen molar-refractivity contribution >= 4 is 5.91 Å². The molecule has 1 heterocycles. The van der Waals surface area contributed by atoms with E-state index in [9.17, 15) is 4.79 Å². The first-order chi connectivity index (χ1) is 6.68. The first kappa shape index (κ1) is 11.1. The minimum absolute atomic E-state index is 0.0396. The first-order valence-corrected chi connectivity index (χ1v) is 5.29. The Bertz CT molecular complexity index is 221. The smallest absolute Gasteiger partial charge is 0.247 e. The molecule has 0 radical (unpaired) electrons. The Labute approximate surface area is 85.5 Å². The monoisotopic (exact) mass is 197 g/mol. The molecule has 0 fully saturated rings. The van der Waals surface area contributed by atoms with Crippen molar-refractivity contribution in [3.63, 3.8) is 0 Å². The van der Waals surface area contributed by atoms with Crippen LogP contribution in [0.2, 0.25) is 0 Å². The van der Waals surface area contributed by atoms with E-state index in [0.717, 1.165) is 24.7 Å². The number of carbonyl (C=O) groups is 1. The van der Waals surface area contributed by atoms with E-state index >= 15 is 0 Å². The fourth-order valence-electron chi connectivity index (χ4n) is 1.37. The molecule has 3 nitrogen and oxygen atoms in total. The molecular weight excluding hydrogens is 178 g/mol. The number of hydrogen-bond acceptors (Lipinski definition) is 2. The Hall–Kier alpha value is -0.990. The second-order valence-corrected chi connectivity index (χ2v) is 4.07. The fourth-order valence-corrected chi connectivity index (χ4v) is 1.37. The third-order valence-corrected chi connectivity index (χ3v) is 2.19. The maximum absolute atomic E-state index is 10.8. The van der Waals surface area contributed by atoms with E-state index in [4.69, 9.17) is 4.74 Å². The zero-order chi connectivity index (χ0) is 10.4. The highest BCUT2D eigenvalue weighted by Gasteiger charge is 2.10. The van der Waals surface area contributed by atoms with Crippen molar-refractivity contribution in [3.8, 4) is 0 Å². The van der Waals surface area contributed by atoms with Crippen LogP contribution in [0.25, 0.3) is 0 Å². The largest absolute Gasteiger partial charge is 0.496 e. The molecule has 1 amide bonds. The molecule has 0 atom stereocenters. The van der Waals surface area contributed by atoms with E-state index in [1.54, 1.807) is 0 Å². The van der Waals surface area contributed by atoms with Crippen LogP contribution in [-0.2, 0) is 9.53 Å². The summed E-state index contributed by atoms with van der Waals surface area (Å²) in [6, 6.07) is 0. The zero-order valence-corrected chi connectivity index (χ0v) is 9.01. The lowest BCUT2D eigenvalue weighted by Gasteiger charge is -2.07. The molecular formula is C11H19NO2. The van der Waals surface area contributed by atoms with Gasteiger partial charge in [-0.25, -0.2) is 0 Å². The number of amides is 1. The van der Waals surface area contributed by atoms with E-state index < -0.39 is 0 Å². The number of unbranched alkanes of at least 4 members (excludes halogenated alkanes) is 1. The molecule has 0 unspecified atom stereocenters. The number of rotatable bonds is 6. The minimum Gasteiger partial charge on any atom is -0.496 e. The number of ether oxygens (including phenoxy) is 1. The molecule has 0 aromatic rings. The molecule has 0 saturated carbocycles. The normalized spacial score (nSPS) is 15.6. The van der Waals surface area contributed by atoms with Crippen LogP contribution in [0.5, 0.6) is 0 Å². The van der Waals surface area contributed by atoms with Gasteiger partial charge < -0.3 is 10.1 Å². The number of hydrogen-bond donors (Lipinski definition) is 1. The zero-order valence-electron chi connectivity index (χ0n) is 9.01. The highest BCUT2D eigenvalue weighted by molar-refractivity contribution is 5.90. The SMILES string of the molecule is CC(C)CCCCOC1=CC(=O)NC1. The van der Waals surface area contributed by atoms with Crippen molar-refractivity contribution in [2.24, 2.45) is 5.92 Å². The molecule has 0 spiro atoms. The van der Waals surface area contributed by atoms with E-state index in [1.165, 1.54) is 18.9 Å². The molecule has 0 saturated heterocycles. The van der Waals surface area contributed by atoms with Gasteiger partial charge in [0.15, 0.2) is 0 Å². The van der Waals surface area contributed by atoms with Gasteiger partial charge in [0.05, 0.1) is 13.2 Å². The van der Waals surface area contributed by atoms with E-state index in [-0.39, 0.29) is 5.91 Å². The molecule has 0 aliphatic carbocycles. The van der Waals surface area contributed by atoms with Crippen LogP contribution >= 0.6 is 0 Å². The molecule has 1 rings (SSSR count). The van der Waals surface area contributed by atoms with Crippen LogP contribution < -0.4 is 5.32 Å². The molecule has 1 aliphatic rings. The van der Waals surface area contributed by atoms with Gasteiger partial charge in [0.2, 0.25) is 5.91 Å². The van der Waals surface area contributed by atoms with E-state index in [2.05, 4.69) is 19.2 Å². The van der Waals surface area contributed by atoms with Gasteiger partial charge in [0.25, 0.3) is 0 Å². The quantitative estimate of drug-likeness (QED) is 0.660. The fraction of sp³-hybridized carbons (Fsp3) is 0.727. The van der Waals surface area contributed by atoms with Gasteiger partial charge in [-0.15, -0.1) is 0 Å². The predicted octanol–water partition coefficient (Wildman–Crippen LogP) is 1.84. The van der Waals surface area contributed by atoms with Gasteiger partial charge in [-0.3, -0.25) is 4.79 Å². The molecule has 0 aromatic heterocycles. The highest BCUT2D eigenvalue weighted by Crippen LogP contribution is 2.08. The Morgan fingerprint density at radius 1 is 1.50 bits per heavy atom. The van der Waals surface area contributed by atoms with Crippen LogP contribution in [0.3, 0.4) is 0 Å². The summed E-state index contributed by atoms with van der Waals surface area (Å²) in [7, 11) is 0. The summed E-state index contributed by atoms with van der Waals surface area (Å²) in [4.78, 5) is 10.8. The Balaban J connectivity index is 1.99. The van der Waals surface area contributed by atoms with Crippen LogP contribution in [-0.4, -0.2) is 19.1 Å². The van der Waals surface area contributed by atoms with Crippen molar-refractivity contribution in [1.82, 2.24) is 5.32 Å². The van der Waals surface area contributed by atoms with E-state index in [1.807, 2.05) is 0 Å². The predicted molar refractivity (Wildman–Crippen MR) is 55.7 cm³/mol. The maximum Gasteiger partial charge on any atom is 0.247 e. The van der Waals surface area contributed by atoms with Gasteiger partial charge >= 0.3 is 0 Å². The molecule has 1 N–H and O–H groups in total. The summed E-state index contributed by atoms with van der Waals surface area (Å²) in [6.07, 6.45) is 5.05. The molecule has 14 heavy (non-hydrogen) atoms. The average Bonchev–Trinajstić information content (AvgIpc) is 2.50. The average molecular weight is 197 g/mol. The Morgan fingerprint density at radius 3 is 2.86 bits per heavy atom. The third-order valence-electron chi connectivity index (χ3n) is 2.19. The van der Waals surface area contributed by atoms with Crippen molar-refractivity contribution in [3.05, 3.63) is 11.8 Å². The van der Waals surface area contributed by atoms with Gasteiger partial charge in [0, 0.05) is 6.08 Å². The lowest BCUT2D eigenvalue weighted by atomic mass is 10.1. The summed E-state index contributed by atoms with van der Waals surface area (Å²) < 4.78 is 5.43. The van der Waals surface area contributed by atoms with Crippen LogP contribution in [0, 0.1) is 5.92 Å². The molecule has 1 aliphatic heterocycles. The first-order valence-electron chi connectivity index (χ1n) is 5.29. The number of carbonyl (C=O) groups excluding carboxylic acids is 1. The molecule has 3 heteroatoms. The topological polar surface area (TPSA) is 38.3 Å². The van der Waals surface area contributed by atoms with Crippen molar-refractivity contribution in [2.45, 2.75) is 33.1 Å². The van der Waals surface area contributed by atoms with Gasteiger partial charge in [0.1, 0.15) is 5.76 Å². The number of nitrogens with one attached hydrogen (secondary N) is 1. The lowest BCUT2D eigenvalue weighted by molar-refractivity contribution is -0.115. The summed E-state index contributed by atoms with van der Waals surface area (Å²) in [5.74, 6) is 1.51. The molecule has 0 bridgehead atoms. The van der Waals surface area contributed by atoms with Gasteiger partial charge in [-0.05, 0) is 18.8 Å². The van der Waals surface area contributed by atoms with Gasteiger partial charge in [-0.1, -0.05) is 20.3 Å². The standard InChI is InChI=1S/C11H19NO2/c1-9(2)5-3-4-6-14-10-7-11(13)12-8-10/h7,9H,3-6,8H2,1-2H3,(H,12,13). The second kappa shape index (κ2) is 5.68. The van der Waals surface area contributed by atoms with Crippen molar-refractivity contribution in [2.75, 3.05) is 13.2 Å². The summed E-state index contributed by atoms with van der Waals surface area (Å²) in [5, 5.41) is 2.67. The van der Waals surface area contributed by atoms with Crippen molar-refractivity contribution in [1.29, 1.82) is 0 Å². The highest BCUT2D eigenvalue weighted by atomic mass is 16.5. The molecule has 0 aromatic carbocycles.